The van der Waals surface area contributed by atoms with Gasteiger partial charge in [-0.15, -0.1) is 0 Å². The van der Waals surface area contributed by atoms with Gasteiger partial charge in [-0.3, -0.25) is 0 Å². The molecule has 0 spiro atoms. The summed E-state index contributed by atoms with van der Waals surface area (Å²) in [6.07, 6.45) is 7.44. The van der Waals surface area contributed by atoms with Crippen molar-refractivity contribution in [2.75, 3.05) is 0 Å². The molecule has 0 heterocycles. The third kappa shape index (κ3) is 4.83. The lowest BCUT2D eigenvalue weighted by Gasteiger charge is -2.25. The normalized spacial score (nSPS) is 14.1. The Bertz CT molecular complexity index is 256. The molecule has 0 nitrogen and oxygen atoms in total. The molecule has 0 bridgehead atoms. The van der Waals surface area contributed by atoms with Crippen LogP contribution in [0.25, 0.3) is 0 Å². The molecule has 0 saturated carbocycles. The minimum Gasteiger partial charge on any atom is -0.0988 e. The maximum absolute atomic E-state index is 3.94. The van der Waals surface area contributed by atoms with Crippen molar-refractivity contribution >= 4 is 0 Å². The van der Waals surface area contributed by atoms with Crippen LogP contribution in [0.4, 0.5) is 0 Å². The molecule has 0 aromatic rings. The van der Waals surface area contributed by atoms with Crippen LogP contribution in [-0.2, 0) is 0 Å². The van der Waals surface area contributed by atoms with Crippen molar-refractivity contribution in [2.45, 2.75) is 48.0 Å². The predicted octanol–water partition coefficient (Wildman–Crippen LogP) is 5.38. The molecule has 0 N–H and O–H groups in total. The zero-order valence-corrected chi connectivity index (χ0v) is 11.9. The summed E-state index contributed by atoms with van der Waals surface area (Å²) in [5.74, 6) is 2.20. The van der Waals surface area contributed by atoms with Crippen LogP contribution in [0.15, 0.2) is 36.0 Å². The maximum atomic E-state index is 3.94. The molecular weight excluding hydrogens is 192 g/mol. The third-order valence-corrected chi connectivity index (χ3v) is 3.34. The van der Waals surface area contributed by atoms with Crippen molar-refractivity contribution in [2.24, 2.45) is 17.8 Å². The van der Waals surface area contributed by atoms with Gasteiger partial charge in [0.15, 0.2) is 0 Å². The van der Waals surface area contributed by atoms with Gasteiger partial charge < -0.3 is 0 Å². The molecule has 0 amide bonds. The Kier molecular flexibility index (Phi) is 7.12. The summed E-state index contributed by atoms with van der Waals surface area (Å²) in [5, 5.41) is 0. The van der Waals surface area contributed by atoms with E-state index in [0.717, 1.165) is 24.2 Å². The smallest absolute Gasteiger partial charge is 0.0243 e. The van der Waals surface area contributed by atoms with E-state index < -0.39 is 0 Å². The van der Waals surface area contributed by atoms with Gasteiger partial charge in [0.1, 0.15) is 0 Å². The van der Waals surface area contributed by atoms with Gasteiger partial charge in [-0.25, -0.2) is 0 Å². The zero-order chi connectivity index (χ0) is 12.7. The first-order valence-electron chi connectivity index (χ1n) is 6.38. The minimum absolute atomic E-state index is 0.730. The highest BCUT2D eigenvalue weighted by molar-refractivity contribution is 5.30. The molecular formula is C16H28. The van der Waals surface area contributed by atoms with E-state index >= 15 is 0 Å². The van der Waals surface area contributed by atoms with Gasteiger partial charge in [-0.1, -0.05) is 52.5 Å². The summed E-state index contributed by atoms with van der Waals surface area (Å²) in [7, 11) is 0. The highest BCUT2D eigenvalue weighted by atomic mass is 14.2. The number of hydrogen-bond acceptors (Lipinski definition) is 0. The van der Waals surface area contributed by atoms with Gasteiger partial charge in [-0.2, -0.15) is 0 Å². The molecule has 0 atom stereocenters. The van der Waals surface area contributed by atoms with E-state index in [4.69, 9.17) is 0 Å². The topological polar surface area (TPSA) is 0 Å². The second-order valence-electron chi connectivity index (χ2n) is 5.27. The fourth-order valence-electron chi connectivity index (χ4n) is 2.26. The average molecular weight is 220 g/mol. The quantitative estimate of drug-likeness (QED) is 0.527. The van der Waals surface area contributed by atoms with Crippen LogP contribution in [0, 0.1) is 17.8 Å². The first kappa shape index (κ1) is 15.2. The Morgan fingerprint density at radius 1 is 1.12 bits per heavy atom. The summed E-state index contributed by atoms with van der Waals surface area (Å²) >= 11 is 0. The SMILES string of the molecule is C=C/C(CC(C(C)C)C(C)C)=C(C)\C=C/C. The summed E-state index contributed by atoms with van der Waals surface area (Å²) in [5.41, 5.74) is 2.74. The monoisotopic (exact) mass is 220 g/mol. The lowest BCUT2D eigenvalue weighted by molar-refractivity contribution is 0.287. The predicted molar refractivity (Wildman–Crippen MR) is 75.5 cm³/mol. The van der Waals surface area contributed by atoms with Gasteiger partial charge in [-0.05, 0) is 49.2 Å². The largest absolute Gasteiger partial charge is 0.0988 e. The van der Waals surface area contributed by atoms with Crippen LogP contribution in [0.3, 0.4) is 0 Å². The molecule has 0 aliphatic heterocycles. The highest BCUT2D eigenvalue weighted by Crippen LogP contribution is 2.29. The third-order valence-electron chi connectivity index (χ3n) is 3.34. The molecule has 0 aromatic carbocycles. The molecule has 0 saturated heterocycles. The van der Waals surface area contributed by atoms with E-state index in [1.807, 2.05) is 6.08 Å². The summed E-state index contributed by atoms with van der Waals surface area (Å²) in [6, 6.07) is 0. The Hall–Kier alpha value is -0.780. The Labute approximate surface area is 102 Å². The molecule has 0 unspecified atom stereocenters. The minimum atomic E-state index is 0.730. The molecule has 0 rings (SSSR count). The Balaban J connectivity index is 4.88. The fraction of sp³-hybridized carbons (Fsp3) is 0.625. The molecule has 0 aromatic heterocycles. The van der Waals surface area contributed by atoms with E-state index in [9.17, 15) is 0 Å². The second-order valence-corrected chi connectivity index (χ2v) is 5.27. The molecule has 92 valence electrons. The van der Waals surface area contributed by atoms with Gasteiger partial charge >= 0.3 is 0 Å². The first-order valence-corrected chi connectivity index (χ1v) is 6.38. The van der Waals surface area contributed by atoms with Gasteiger partial charge in [0, 0.05) is 0 Å². The average Bonchev–Trinajstić information content (AvgIpc) is 2.18. The molecule has 0 radical (unpaired) electrons. The fourth-order valence-corrected chi connectivity index (χ4v) is 2.26. The number of allylic oxidation sites excluding steroid dienone is 5. The highest BCUT2D eigenvalue weighted by Gasteiger charge is 2.18. The van der Waals surface area contributed by atoms with Crippen molar-refractivity contribution in [1.29, 1.82) is 0 Å². The standard InChI is InChI=1S/C16H28/c1-8-10-14(7)15(9-2)11-16(12(3)4)13(5)6/h8-10,12-13,16H,2,11H2,1,3-7H3/b10-8-,15-14+. The van der Waals surface area contributed by atoms with Crippen LogP contribution >= 0.6 is 0 Å². The van der Waals surface area contributed by atoms with E-state index in [1.54, 1.807) is 0 Å². The molecule has 0 heteroatoms. The lowest BCUT2D eigenvalue weighted by atomic mass is 9.80. The maximum Gasteiger partial charge on any atom is -0.0243 e. The van der Waals surface area contributed by atoms with E-state index in [1.165, 1.54) is 11.1 Å². The van der Waals surface area contributed by atoms with Crippen molar-refractivity contribution in [3.8, 4) is 0 Å². The lowest BCUT2D eigenvalue weighted by Crippen LogP contribution is -2.16. The molecule has 0 fully saturated rings. The summed E-state index contributed by atoms with van der Waals surface area (Å²) < 4.78 is 0. The zero-order valence-electron chi connectivity index (χ0n) is 11.9. The van der Waals surface area contributed by atoms with Crippen molar-refractivity contribution < 1.29 is 0 Å². The van der Waals surface area contributed by atoms with Gasteiger partial charge in [0.05, 0.1) is 0 Å². The van der Waals surface area contributed by atoms with Crippen molar-refractivity contribution in [3.05, 3.63) is 36.0 Å². The van der Waals surface area contributed by atoms with Crippen LogP contribution in [0.1, 0.15) is 48.0 Å². The first-order chi connectivity index (χ1) is 7.43. The number of hydrogen-bond donors (Lipinski definition) is 0. The summed E-state index contributed by atoms with van der Waals surface area (Å²) in [6.45, 7) is 17.4. The van der Waals surface area contributed by atoms with E-state index in [2.05, 4.69) is 60.3 Å². The summed E-state index contributed by atoms with van der Waals surface area (Å²) in [4.78, 5) is 0. The van der Waals surface area contributed by atoms with Crippen LogP contribution in [0.2, 0.25) is 0 Å². The van der Waals surface area contributed by atoms with Crippen LogP contribution in [-0.4, -0.2) is 0 Å². The molecule has 0 aliphatic carbocycles. The van der Waals surface area contributed by atoms with Crippen LogP contribution in [0.5, 0.6) is 0 Å². The van der Waals surface area contributed by atoms with E-state index in [0.29, 0.717) is 0 Å². The molecule has 16 heavy (non-hydrogen) atoms. The Morgan fingerprint density at radius 2 is 1.62 bits per heavy atom. The van der Waals surface area contributed by atoms with Gasteiger partial charge in [0.25, 0.3) is 0 Å². The molecule has 0 aliphatic rings. The van der Waals surface area contributed by atoms with E-state index in [-0.39, 0.29) is 0 Å². The Morgan fingerprint density at radius 3 is 1.94 bits per heavy atom. The van der Waals surface area contributed by atoms with Gasteiger partial charge in [0.2, 0.25) is 0 Å². The van der Waals surface area contributed by atoms with Crippen molar-refractivity contribution in [3.63, 3.8) is 0 Å². The van der Waals surface area contributed by atoms with Crippen LogP contribution < -0.4 is 0 Å². The number of rotatable bonds is 6. The second kappa shape index (κ2) is 7.49. The van der Waals surface area contributed by atoms with Crippen molar-refractivity contribution in [1.82, 2.24) is 0 Å².